The standard InChI is InChI=1S/C25H23N3O5S/c1-16-9-10-17(2)22(15-16)34(30,31)28-21-13-11-20(12-14-21)25(29)32-18(3)23-26-27-24(33-23)19-7-5-4-6-8-19/h4-15,18,28H,1-3H3. The van der Waals surface area contributed by atoms with Crippen LogP contribution in [0.1, 0.15) is 40.4 Å². The third kappa shape index (κ3) is 5.15. The number of nitrogens with one attached hydrogen (secondary N) is 1. The summed E-state index contributed by atoms with van der Waals surface area (Å²) in [6.45, 7) is 5.20. The Balaban J connectivity index is 1.42. The van der Waals surface area contributed by atoms with Crippen LogP contribution in [0.15, 0.2) is 82.1 Å². The van der Waals surface area contributed by atoms with Crippen LogP contribution in [0.3, 0.4) is 0 Å². The van der Waals surface area contributed by atoms with Crippen LogP contribution in [0.25, 0.3) is 11.5 Å². The highest BCUT2D eigenvalue weighted by molar-refractivity contribution is 7.92. The number of ether oxygens (including phenoxy) is 1. The van der Waals surface area contributed by atoms with Crippen LogP contribution < -0.4 is 4.72 Å². The fraction of sp³-hybridized carbons (Fsp3) is 0.160. The third-order valence-corrected chi connectivity index (χ3v) is 6.62. The van der Waals surface area contributed by atoms with Gasteiger partial charge >= 0.3 is 5.97 Å². The van der Waals surface area contributed by atoms with Crippen LogP contribution in [0.4, 0.5) is 5.69 Å². The Kier molecular flexibility index (Phi) is 6.47. The van der Waals surface area contributed by atoms with E-state index in [0.29, 0.717) is 17.1 Å². The van der Waals surface area contributed by atoms with Crippen molar-refractivity contribution in [2.45, 2.75) is 31.8 Å². The van der Waals surface area contributed by atoms with Crippen molar-refractivity contribution in [3.8, 4) is 11.5 Å². The second kappa shape index (κ2) is 9.48. The van der Waals surface area contributed by atoms with Crippen molar-refractivity contribution in [2.75, 3.05) is 4.72 Å². The minimum absolute atomic E-state index is 0.171. The molecular weight excluding hydrogens is 454 g/mol. The molecule has 0 aliphatic carbocycles. The Bertz CT molecular complexity index is 1410. The molecule has 8 nitrogen and oxygen atoms in total. The van der Waals surface area contributed by atoms with Crippen molar-refractivity contribution in [1.82, 2.24) is 10.2 Å². The lowest BCUT2D eigenvalue weighted by molar-refractivity contribution is 0.0280. The maximum absolute atomic E-state index is 12.8. The molecule has 0 spiro atoms. The Morgan fingerprint density at radius 3 is 2.38 bits per heavy atom. The van der Waals surface area contributed by atoms with Gasteiger partial charge in [-0.2, -0.15) is 0 Å². The molecule has 34 heavy (non-hydrogen) atoms. The zero-order chi connectivity index (χ0) is 24.3. The van der Waals surface area contributed by atoms with Gasteiger partial charge in [0.15, 0.2) is 6.10 Å². The summed E-state index contributed by atoms with van der Waals surface area (Å²) in [5, 5.41) is 7.96. The zero-order valence-corrected chi connectivity index (χ0v) is 19.7. The van der Waals surface area contributed by atoms with E-state index >= 15 is 0 Å². The van der Waals surface area contributed by atoms with Crippen molar-refractivity contribution in [2.24, 2.45) is 0 Å². The van der Waals surface area contributed by atoms with Gasteiger partial charge in [0.25, 0.3) is 15.9 Å². The number of carbonyl (C=O) groups excluding carboxylic acids is 1. The van der Waals surface area contributed by atoms with Crippen molar-refractivity contribution in [3.05, 3.63) is 95.4 Å². The molecule has 3 aromatic carbocycles. The molecule has 1 aromatic heterocycles. The summed E-state index contributed by atoms with van der Waals surface area (Å²) in [6, 6.07) is 20.5. The lowest BCUT2D eigenvalue weighted by atomic mass is 10.2. The molecule has 0 amide bonds. The Labute approximate surface area is 197 Å². The van der Waals surface area contributed by atoms with Crippen LogP contribution in [-0.4, -0.2) is 24.6 Å². The molecule has 1 heterocycles. The second-order valence-electron chi connectivity index (χ2n) is 7.81. The number of esters is 1. The highest BCUT2D eigenvalue weighted by Crippen LogP contribution is 2.24. The predicted octanol–water partition coefficient (Wildman–Crippen LogP) is 5.07. The number of sulfonamides is 1. The number of aromatic nitrogens is 2. The quantitative estimate of drug-likeness (QED) is 0.370. The molecule has 0 bridgehead atoms. The summed E-state index contributed by atoms with van der Waals surface area (Å²) in [5.74, 6) is -0.0972. The monoisotopic (exact) mass is 477 g/mol. The third-order valence-electron chi connectivity index (χ3n) is 5.10. The van der Waals surface area contributed by atoms with Crippen LogP contribution in [0.2, 0.25) is 0 Å². The number of nitrogens with zero attached hydrogens (tertiary/aromatic N) is 2. The van der Waals surface area contributed by atoms with Gasteiger partial charge in [-0.25, -0.2) is 13.2 Å². The van der Waals surface area contributed by atoms with Crippen molar-refractivity contribution < 1.29 is 22.4 Å². The number of carbonyl (C=O) groups is 1. The summed E-state index contributed by atoms with van der Waals surface area (Å²) < 4.78 is 39.2. The van der Waals surface area contributed by atoms with Gasteiger partial charge in [0, 0.05) is 11.3 Å². The van der Waals surface area contributed by atoms with E-state index in [-0.39, 0.29) is 16.3 Å². The molecule has 9 heteroatoms. The van der Waals surface area contributed by atoms with Crippen LogP contribution in [0.5, 0.6) is 0 Å². The SMILES string of the molecule is Cc1ccc(C)c(S(=O)(=O)Nc2ccc(C(=O)OC(C)c3nnc(-c4ccccc4)o3)cc2)c1. The van der Waals surface area contributed by atoms with E-state index in [0.717, 1.165) is 11.1 Å². The van der Waals surface area contributed by atoms with E-state index in [1.54, 1.807) is 26.0 Å². The molecule has 1 unspecified atom stereocenters. The topological polar surface area (TPSA) is 111 Å². The van der Waals surface area contributed by atoms with E-state index in [1.807, 2.05) is 43.3 Å². The fourth-order valence-corrected chi connectivity index (χ4v) is 4.65. The molecule has 4 aromatic rings. The van der Waals surface area contributed by atoms with Gasteiger partial charge in [-0.05, 0) is 74.4 Å². The van der Waals surface area contributed by atoms with E-state index in [9.17, 15) is 13.2 Å². The average Bonchev–Trinajstić information content (AvgIpc) is 3.32. The van der Waals surface area contributed by atoms with Crippen LogP contribution in [0, 0.1) is 13.8 Å². The smallest absolute Gasteiger partial charge is 0.338 e. The molecule has 4 rings (SSSR count). The molecule has 1 atom stereocenters. The summed E-state index contributed by atoms with van der Waals surface area (Å²) in [4.78, 5) is 12.8. The van der Waals surface area contributed by atoms with E-state index in [4.69, 9.17) is 9.15 Å². The van der Waals surface area contributed by atoms with Gasteiger partial charge in [-0.3, -0.25) is 4.72 Å². The summed E-state index contributed by atoms with van der Waals surface area (Å²) in [6.07, 6.45) is -0.764. The van der Waals surface area contributed by atoms with Crippen LogP contribution >= 0.6 is 0 Å². The highest BCUT2D eigenvalue weighted by Gasteiger charge is 2.21. The normalized spacial score (nSPS) is 12.2. The average molecular weight is 478 g/mol. The molecule has 0 aliphatic rings. The van der Waals surface area contributed by atoms with Gasteiger partial charge in [-0.1, -0.05) is 30.3 Å². The van der Waals surface area contributed by atoms with Crippen molar-refractivity contribution >= 4 is 21.7 Å². The van der Waals surface area contributed by atoms with E-state index in [2.05, 4.69) is 14.9 Å². The first kappa shape index (κ1) is 23.2. The molecule has 0 fully saturated rings. The highest BCUT2D eigenvalue weighted by atomic mass is 32.2. The second-order valence-corrected chi connectivity index (χ2v) is 9.46. The van der Waals surface area contributed by atoms with Gasteiger partial charge in [0.05, 0.1) is 10.5 Å². The number of aryl methyl sites for hydroxylation is 2. The predicted molar refractivity (Wildman–Crippen MR) is 127 cm³/mol. The van der Waals surface area contributed by atoms with E-state index in [1.165, 1.54) is 24.3 Å². The molecule has 174 valence electrons. The molecule has 0 saturated carbocycles. The maximum atomic E-state index is 12.8. The molecule has 1 N–H and O–H groups in total. The fourth-order valence-electron chi connectivity index (χ4n) is 3.26. The van der Waals surface area contributed by atoms with Gasteiger partial charge in [-0.15, -0.1) is 10.2 Å². The minimum Gasteiger partial charge on any atom is -0.449 e. The first-order valence-electron chi connectivity index (χ1n) is 10.5. The minimum atomic E-state index is -3.77. The first-order chi connectivity index (χ1) is 16.2. The number of hydrogen-bond donors (Lipinski definition) is 1. The largest absolute Gasteiger partial charge is 0.449 e. The van der Waals surface area contributed by atoms with Crippen molar-refractivity contribution in [1.29, 1.82) is 0 Å². The summed E-state index contributed by atoms with van der Waals surface area (Å²) in [5.41, 5.74) is 2.83. The van der Waals surface area contributed by atoms with E-state index < -0.39 is 22.1 Å². The Morgan fingerprint density at radius 2 is 1.68 bits per heavy atom. The molecule has 0 saturated heterocycles. The molecule has 0 aliphatic heterocycles. The summed E-state index contributed by atoms with van der Waals surface area (Å²) in [7, 11) is -3.77. The van der Waals surface area contributed by atoms with Gasteiger partial charge in [0.2, 0.25) is 5.89 Å². The molecule has 0 radical (unpaired) electrons. The Hall–Kier alpha value is -3.98. The van der Waals surface area contributed by atoms with Gasteiger partial charge in [0.1, 0.15) is 0 Å². The van der Waals surface area contributed by atoms with Crippen molar-refractivity contribution in [3.63, 3.8) is 0 Å². The lowest BCUT2D eigenvalue weighted by Crippen LogP contribution is -2.15. The molecular formula is C25H23N3O5S. The number of hydrogen-bond acceptors (Lipinski definition) is 7. The zero-order valence-electron chi connectivity index (χ0n) is 18.8. The first-order valence-corrected chi connectivity index (χ1v) is 12.0. The Morgan fingerprint density at radius 1 is 0.971 bits per heavy atom. The number of anilines is 1. The van der Waals surface area contributed by atoms with Crippen LogP contribution in [-0.2, 0) is 14.8 Å². The number of rotatable bonds is 7. The maximum Gasteiger partial charge on any atom is 0.338 e. The summed E-state index contributed by atoms with van der Waals surface area (Å²) >= 11 is 0. The van der Waals surface area contributed by atoms with Gasteiger partial charge < -0.3 is 9.15 Å². The lowest BCUT2D eigenvalue weighted by Gasteiger charge is -2.12. The number of benzene rings is 3.